The van der Waals surface area contributed by atoms with Gasteiger partial charge in [-0.2, -0.15) is 0 Å². The first-order chi connectivity index (χ1) is 17.2. The molecule has 2 aromatic heterocycles. The van der Waals surface area contributed by atoms with Crippen molar-refractivity contribution in [2.24, 2.45) is 0 Å². The lowest BCUT2D eigenvalue weighted by Crippen LogP contribution is -2.23. The smallest absolute Gasteiger partial charge is 0.259 e. The SMILES string of the molecule is CC1=CC2C(C=C1)c1cc(-c3cccc4c3oc3ccccc34)cc3c4ccccc4c(=O)n2c13. The first kappa shape index (κ1) is 19.0. The van der Waals surface area contributed by atoms with Gasteiger partial charge in [-0.15, -0.1) is 0 Å². The van der Waals surface area contributed by atoms with Gasteiger partial charge in [-0.3, -0.25) is 9.36 Å². The van der Waals surface area contributed by atoms with Gasteiger partial charge < -0.3 is 4.42 Å². The molecule has 8 rings (SSSR count). The predicted molar refractivity (Wildman–Crippen MR) is 143 cm³/mol. The van der Waals surface area contributed by atoms with E-state index in [1.165, 1.54) is 11.1 Å². The first-order valence-corrected chi connectivity index (χ1v) is 12.1. The van der Waals surface area contributed by atoms with Gasteiger partial charge in [0.05, 0.1) is 11.6 Å². The van der Waals surface area contributed by atoms with Gasteiger partial charge in [0.15, 0.2) is 0 Å². The molecule has 0 spiro atoms. The number of hydrogen-bond donors (Lipinski definition) is 0. The molecule has 35 heavy (non-hydrogen) atoms. The molecule has 1 aliphatic heterocycles. The van der Waals surface area contributed by atoms with Crippen LogP contribution in [-0.4, -0.2) is 4.57 Å². The molecule has 3 heteroatoms. The van der Waals surface area contributed by atoms with Gasteiger partial charge in [0.2, 0.25) is 0 Å². The average Bonchev–Trinajstić information content (AvgIpc) is 3.43. The van der Waals surface area contributed by atoms with Gasteiger partial charge in [0.25, 0.3) is 5.56 Å². The van der Waals surface area contributed by atoms with Gasteiger partial charge in [-0.25, -0.2) is 0 Å². The molecule has 0 saturated carbocycles. The normalized spacial score (nSPS) is 18.6. The zero-order valence-electron chi connectivity index (χ0n) is 19.2. The Hall–Kier alpha value is -4.37. The maximum atomic E-state index is 13.7. The van der Waals surface area contributed by atoms with Crippen LogP contribution in [0, 0.1) is 0 Å². The molecule has 2 unspecified atom stereocenters. The molecule has 1 aliphatic carbocycles. The molecule has 0 fully saturated rings. The van der Waals surface area contributed by atoms with E-state index in [1.54, 1.807) is 0 Å². The van der Waals surface area contributed by atoms with Crippen LogP contribution in [0.1, 0.15) is 24.4 Å². The molecule has 0 bridgehead atoms. The van der Waals surface area contributed by atoms with E-state index in [-0.39, 0.29) is 17.5 Å². The quantitative estimate of drug-likeness (QED) is 0.238. The largest absolute Gasteiger partial charge is 0.455 e. The van der Waals surface area contributed by atoms with Gasteiger partial charge in [0.1, 0.15) is 11.2 Å². The van der Waals surface area contributed by atoms with Crippen LogP contribution in [0.4, 0.5) is 0 Å². The van der Waals surface area contributed by atoms with Crippen molar-refractivity contribution in [2.45, 2.75) is 18.9 Å². The number of aromatic nitrogens is 1. The maximum absolute atomic E-state index is 13.7. The van der Waals surface area contributed by atoms with Crippen molar-refractivity contribution in [3.63, 3.8) is 0 Å². The first-order valence-electron chi connectivity index (χ1n) is 12.1. The summed E-state index contributed by atoms with van der Waals surface area (Å²) >= 11 is 0. The molecule has 2 atom stereocenters. The van der Waals surface area contributed by atoms with Crippen LogP contribution in [0.2, 0.25) is 0 Å². The lowest BCUT2D eigenvalue weighted by molar-refractivity contribution is 0.583. The third kappa shape index (κ3) is 2.42. The second-order valence-electron chi connectivity index (χ2n) is 9.75. The number of hydrogen-bond acceptors (Lipinski definition) is 2. The Balaban J connectivity index is 1.52. The van der Waals surface area contributed by atoms with Gasteiger partial charge >= 0.3 is 0 Å². The Morgan fingerprint density at radius 3 is 2.46 bits per heavy atom. The van der Waals surface area contributed by atoms with E-state index in [1.807, 2.05) is 34.9 Å². The summed E-state index contributed by atoms with van der Waals surface area (Å²) in [6.07, 6.45) is 6.67. The predicted octanol–water partition coefficient (Wildman–Crippen LogP) is 7.88. The fourth-order valence-corrected chi connectivity index (χ4v) is 6.26. The van der Waals surface area contributed by atoms with Crippen LogP contribution < -0.4 is 5.56 Å². The number of allylic oxidation sites excluding steroid dienone is 4. The molecule has 166 valence electrons. The molecule has 0 N–H and O–H groups in total. The lowest BCUT2D eigenvalue weighted by Gasteiger charge is -2.20. The summed E-state index contributed by atoms with van der Waals surface area (Å²) in [6.45, 7) is 2.10. The number of benzene rings is 4. The third-order valence-corrected chi connectivity index (χ3v) is 7.79. The summed E-state index contributed by atoms with van der Waals surface area (Å²) in [5.41, 5.74) is 7.55. The number of furan rings is 1. The monoisotopic (exact) mass is 451 g/mol. The number of para-hydroxylation sites is 2. The van der Waals surface area contributed by atoms with Crippen LogP contribution in [0.15, 0.2) is 112 Å². The Labute approximate surface area is 201 Å². The van der Waals surface area contributed by atoms with Gasteiger partial charge in [0, 0.05) is 33.0 Å². The molecule has 3 nitrogen and oxygen atoms in total. The van der Waals surface area contributed by atoms with Crippen molar-refractivity contribution in [2.75, 3.05) is 0 Å². The maximum Gasteiger partial charge on any atom is 0.259 e. The average molecular weight is 452 g/mol. The fraction of sp³-hybridized carbons (Fsp3) is 0.0938. The van der Waals surface area contributed by atoms with E-state index in [0.29, 0.717) is 0 Å². The highest BCUT2D eigenvalue weighted by molar-refractivity contribution is 6.12. The Morgan fingerprint density at radius 1 is 0.800 bits per heavy atom. The number of pyridine rings is 1. The number of nitrogens with zero attached hydrogens (tertiary/aromatic N) is 1. The third-order valence-electron chi connectivity index (χ3n) is 7.79. The van der Waals surface area contributed by atoms with E-state index in [2.05, 4.69) is 73.7 Å². The summed E-state index contributed by atoms with van der Waals surface area (Å²) in [5, 5.41) is 5.15. The van der Waals surface area contributed by atoms with E-state index in [4.69, 9.17) is 4.42 Å². The molecule has 3 heterocycles. The van der Waals surface area contributed by atoms with Crippen LogP contribution in [0.5, 0.6) is 0 Å². The number of rotatable bonds is 1. The molecule has 6 aromatic rings. The Bertz CT molecular complexity index is 2000. The van der Waals surface area contributed by atoms with Crippen molar-refractivity contribution in [3.05, 3.63) is 119 Å². The highest BCUT2D eigenvalue weighted by atomic mass is 16.3. The summed E-state index contributed by atoms with van der Waals surface area (Å²) in [5.74, 6) is 0.139. The summed E-state index contributed by atoms with van der Waals surface area (Å²) in [4.78, 5) is 13.7. The van der Waals surface area contributed by atoms with E-state index < -0.39 is 0 Å². The minimum Gasteiger partial charge on any atom is -0.455 e. The van der Waals surface area contributed by atoms with Crippen molar-refractivity contribution < 1.29 is 4.42 Å². The molecule has 2 aliphatic rings. The summed E-state index contributed by atoms with van der Waals surface area (Å²) in [7, 11) is 0. The van der Waals surface area contributed by atoms with Crippen LogP contribution in [0.25, 0.3) is 54.7 Å². The molecule has 0 amide bonds. The minimum atomic E-state index is 0.00634. The Kier molecular flexibility index (Phi) is 3.58. The zero-order chi connectivity index (χ0) is 23.3. The molecular weight excluding hydrogens is 430 g/mol. The van der Waals surface area contributed by atoms with E-state index in [9.17, 15) is 4.79 Å². The summed E-state index contributed by atoms with van der Waals surface area (Å²) in [6, 6.07) is 27.1. The number of fused-ring (bicyclic) bond motifs is 8. The molecular formula is C32H21NO2. The lowest BCUT2D eigenvalue weighted by atomic mass is 9.87. The van der Waals surface area contributed by atoms with Crippen LogP contribution in [0.3, 0.4) is 0 Å². The van der Waals surface area contributed by atoms with E-state index in [0.717, 1.165) is 54.7 Å². The molecule has 4 aromatic carbocycles. The molecule has 0 saturated heterocycles. The topological polar surface area (TPSA) is 35.1 Å². The van der Waals surface area contributed by atoms with Gasteiger partial charge in [-0.1, -0.05) is 78.4 Å². The van der Waals surface area contributed by atoms with Crippen molar-refractivity contribution in [1.29, 1.82) is 0 Å². The van der Waals surface area contributed by atoms with Crippen LogP contribution >= 0.6 is 0 Å². The van der Waals surface area contributed by atoms with Crippen molar-refractivity contribution in [1.82, 2.24) is 4.57 Å². The Morgan fingerprint density at radius 2 is 1.57 bits per heavy atom. The second kappa shape index (κ2) is 6.61. The molecule has 0 radical (unpaired) electrons. The highest BCUT2D eigenvalue weighted by Gasteiger charge is 2.35. The highest BCUT2D eigenvalue weighted by Crippen LogP contribution is 2.48. The summed E-state index contributed by atoms with van der Waals surface area (Å²) < 4.78 is 8.41. The van der Waals surface area contributed by atoms with Crippen LogP contribution in [-0.2, 0) is 0 Å². The fourth-order valence-electron chi connectivity index (χ4n) is 6.26. The zero-order valence-corrected chi connectivity index (χ0v) is 19.2. The van der Waals surface area contributed by atoms with Gasteiger partial charge in [-0.05, 0) is 47.7 Å². The standard InChI is InChI=1S/C32H21NO2/c1-18-13-14-22-27-17-19(20-10-6-11-24-23-8-4-5-12-29(23)35-31(20)24)16-26-21-7-2-3-9-25(21)32(34)33(30(26)27)28(22)15-18/h2-17,22,28H,1H3. The second-order valence-corrected chi connectivity index (χ2v) is 9.75. The van der Waals surface area contributed by atoms with E-state index >= 15 is 0 Å². The van der Waals surface area contributed by atoms with Crippen molar-refractivity contribution >= 4 is 43.6 Å². The van der Waals surface area contributed by atoms with Crippen molar-refractivity contribution in [3.8, 4) is 11.1 Å². The minimum absolute atomic E-state index is 0.00634.